The maximum atomic E-state index is 12.1. The van der Waals surface area contributed by atoms with Crippen LogP contribution in [0.4, 0.5) is 0 Å². The van der Waals surface area contributed by atoms with Crippen molar-refractivity contribution in [1.82, 2.24) is 5.32 Å². The van der Waals surface area contributed by atoms with E-state index in [2.05, 4.69) is 21.2 Å². The minimum Gasteiger partial charge on any atom is -0.459 e. The van der Waals surface area contributed by atoms with Gasteiger partial charge >= 0.3 is 5.97 Å². The molecular formula is C18H15BrN2O3. The highest BCUT2D eigenvalue weighted by Gasteiger charge is 2.18. The molecule has 122 valence electrons. The molecule has 2 aromatic rings. The Morgan fingerprint density at radius 3 is 2.62 bits per heavy atom. The number of hydrogen-bond acceptors (Lipinski definition) is 4. The maximum Gasteiger partial charge on any atom is 0.328 e. The van der Waals surface area contributed by atoms with Gasteiger partial charge in [0.25, 0.3) is 5.91 Å². The molecule has 0 unspecified atom stereocenters. The number of halogens is 1. The van der Waals surface area contributed by atoms with Crippen molar-refractivity contribution in [2.24, 2.45) is 0 Å². The van der Waals surface area contributed by atoms with Crippen LogP contribution in [0.15, 0.2) is 53.0 Å². The SMILES string of the molecule is C[C@H](NC(=O)c1ccc(Br)cc1)C(=O)OCc1cccc(C#N)c1. The summed E-state index contributed by atoms with van der Waals surface area (Å²) in [5, 5.41) is 11.4. The van der Waals surface area contributed by atoms with Crippen LogP contribution in [0.2, 0.25) is 0 Å². The van der Waals surface area contributed by atoms with Crippen molar-refractivity contribution in [3.05, 3.63) is 69.7 Å². The fraction of sp³-hybridized carbons (Fsp3) is 0.167. The molecule has 0 heterocycles. The van der Waals surface area contributed by atoms with Gasteiger partial charge in [0, 0.05) is 10.0 Å². The van der Waals surface area contributed by atoms with E-state index < -0.39 is 12.0 Å². The molecule has 0 saturated heterocycles. The van der Waals surface area contributed by atoms with Crippen LogP contribution in [0.3, 0.4) is 0 Å². The number of carbonyl (C=O) groups excluding carboxylic acids is 2. The summed E-state index contributed by atoms with van der Waals surface area (Å²) in [7, 11) is 0. The molecule has 0 fully saturated rings. The quantitative estimate of drug-likeness (QED) is 0.800. The van der Waals surface area contributed by atoms with E-state index in [0.29, 0.717) is 16.7 Å². The number of rotatable bonds is 5. The first-order chi connectivity index (χ1) is 11.5. The third-order valence-corrected chi connectivity index (χ3v) is 3.77. The second kappa shape index (κ2) is 8.27. The molecule has 0 saturated carbocycles. The predicted octanol–water partition coefficient (Wildman–Crippen LogP) is 3.18. The molecule has 0 aliphatic heterocycles. The molecule has 1 amide bonds. The molecule has 1 atom stereocenters. The van der Waals surface area contributed by atoms with E-state index in [4.69, 9.17) is 10.00 Å². The number of hydrogen-bond donors (Lipinski definition) is 1. The van der Waals surface area contributed by atoms with Crippen molar-refractivity contribution in [3.63, 3.8) is 0 Å². The van der Waals surface area contributed by atoms with Crippen molar-refractivity contribution < 1.29 is 14.3 Å². The highest BCUT2D eigenvalue weighted by Crippen LogP contribution is 2.11. The van der Waals surface area contributed by atoms with Crippen LogP contribution in [-0.2, 0) is 16.1 Å². The Morgan fingerprint density at radius 1 is 1.25 bits per heavy atom. The molecule has 2 rings (SSSR count). The predicted molar refractivity (Wildman–Crippen MR) is 92.0 cm³/mol. The van der Waals surface area contributed by atoms with E-state index in [1.807, 2.05) is 6.07 Å². The van der Waals surface area contributed by atoms with Crippen LogP contribution in [0.5, 0.6) is 0 Å². The average Bonchev–Trinajstić information content (AvgIpc) is 2.60. The zero-order valence-corrected chi connectivity index (χ0v) is 14.5. The lowest BCUT2D eigenvalue weighted by Crippen LogP contribution is -2.39. The molecule has 5 nitrogen and oxygen atoms in total. The Hall–Kier alpha value is -2.65. The first-order valence-corrected chi connectivity index (χ1v) is 8.01. The van der Waals surface area contributed by atoms with E-state index in [0.717, 1.165) is 4.47 Å². The van der Waals surface area contributed by atoms with Gasteiger partial charge in [-0.15, -0.1) is 0 Å². The van der Waals surface area contributed by atoms with Gasteiger partial charge in [0.15, 0.2) is 0 Å². The number of amides is 1. The summed E-state index contributed by atoms with van der Waals surface area (Å²) < 4.78 is 6.04. The Kier molecular flexibility index (Phi) is 6.10. The van der Waals surface area contributed by atoms with E-state index in [-0.39, 0.29) is 12.5 Å². The molecule has 0 spiro atoms. The molecule has 0 aromatic heterocycles. The first-order valence-electron chi connectivity index (χ1n) is 7.21. The number of benzene rings is 2. The highest BCUT2D eigenvalue weighted by atomic mass is 79.9. The van der Waals surface area contributed by atoms with Gasteiger partial charge in [-0.3, -0.25) is 4.79 Å². The van der Waals surface area contributed by atoms with Crippen LogP contribution in [0, 0.1) is 11.3 Å². The third-order valence-electron chi connectivity index (χ3n) is 3.24. The van der Waals surface area contributed by atoms with Crippen LogP contribution in [0.25, 0.3) is 0 Å². The molecule has 0 aliphatic carbocycles. The van der Waals surface area contributed by atoms with Crippen LogP contribution < -0.4 is 5.32 Å². The third kappa shape index (κ3) is 4.93. The fourth-order valence-electron chi connectivity index (χ4n) is 1.95. The summed E-state index contributed by atoms with van der Waals surface area (Å²) >= 11 is 3.30. The summed E-state index contributed by atoms with van der Waals surface area (Å²) in [6.45, 7) is 1.61. The second-order valence-corrected chi connectivity index (χ2v) is 6.04. The largest absolute Gasteiger partial charge is 0.459 e. The van der Waals surface area contributed by atoms with Gasteiger partial charge in [0.05, 0.1) is 11.6 Å². The van der Waals surface area contributed by atoms with Crippen LogP contribution >= 0.6 is 15.9 Å². The fourth-order valence-corrected chi connectivity index (χ4v) is 2.21. The van der Waals surface area contributed by atoms with E-state index >= 15 is 0 Å². The van der Waals surface area contributed by atoms with Gasteiger partial charge in [-0.05, 0) is 48.9 Å². The van der Waals surface area contributed by atoms with Gasteiger partial charge in [-0.2, -0.15) is 5.26 Å². The van der Waals surface area contributed by atoms with Crippen molar-refractivity contribution in [1.29, 1.82) is 5.26 Å². The minimum atomic E-state index is -0.778. The Bertz CT molecular complexity index is 782. The number of esters is 1. The number of nitrogens with zero attached hydrogens (tertiary/aromatic N) is 1. The maximum absolute atomic E-state index is 12.1. The molecule has 2 aromatic carbocycles. The topological polar surface area (TPSA) is 79.2 Å². The summed E-state index contributed by atoms with van der Waals surface area (Å²) in [6, 6.07) is 14.9. The van der Waals surface area contributed by atoms with Gasteiger partial charge in [0.1, 0.15) is 12.6 Å². The monoisotopic (exact) mass is 386 g/mol. The number of nitriles is 1. The Morgan fingerprint density at radius 2 is 1.96 bits per heavy atom. The van der Waals surface area contributed by atoms with Gasteiger partial charge in [-0.25, -0.2) is 4.79 Å². The number of ether oxygens (including phenoxy) is 1. The summed E-state index contributed by atoms with van der Waals surface area (Å²) in [5.41, 5.74) is 1.67. The van der Waals surface area contributed by atoms with Crippen molar-refractivity contribution in [2.45, 2.75) is 19.6 Å². The normalized spacial score (nSPS) is 11.2. The Balaban J connectivity index is 1.88. The smallest absolute Gasteiger partial charge is 0.328 e. The average molecular weight is 387 g/mol. The van der Waals surface area contributed by atoms with Crippen LogP contribution in [0.1, 0.15) is 28.4 Å². The molecule has 0 aliphatic rings. The van der Waals surface area contributed by atoms with E-state index in [1.165, 1.54) is 0 Å². The van der Waals surface area contributed by atoms with Crippen molar-refractivity contribution >= 4 is 27.8 Å². The minimum absolute atomic E-state index is 0.0485. The zero-order chi connectivity index (χ0) is 17.5. The molecule has 0 bridgehead atoms. The summed E-state index contributed by atoms with van der Waals surface area (Å²) in [6.07, 6.45) is 0. The van der Waals surface area contributed by atoms with Crippen molar-refractivity contribution in [3.8, 4) is 6.07 Å². The molecule has 6 heteroatoms. The first kappa shape index (κ1) is 17.7. The van der Waals surface area contributed by atoms with E-state index in [9.17, 15) is 9.59 Å². The van der Waals surface area contributed by atoms with Crippen molar-refractivity contribution in [2.75, 3.05) is 0 Å². The van der Waals surface area contributed by atoms with Gasteiger partial charge < -0.3 is 10.1 Å². The lowest BCUT2D eigenvalue weighted by atomic mass is 10.1. The number of nitrogens with one attached hydrogen (secondary N) is 1. The molecular weight excluding hydrogens is 372 g/mol. The van der Waals surface area contributed by atoms with E-state index in [1.54, 1.807) is 55.5 Å². The standard InChI is InChI=1S/C18H15BrN2O3/c1-12(21-17(22)15-5-7-16(19)8-6-15)18(23)24-11-14-4-2-3-13(9-14)10-20/h2-9,12H,11H2,1H3,(H,21,22)/t12-/m0/s1. The van der Waals surface area contributed by atoms with Gasteiger partial charge in [0.2, 0.25) is 0 Å². The van der Waals surface area contributed by atoms with Crippen LogP contribution in [-0.4, -0.2) is 17.9 Å². The molecule has 0 radical (unpaired) electrons. The molecule has 24 heavy (non-hydrogen) atoms. The molecule has 1 N–H and O–H groups in total. The zero-order valence-electron chi connectivity index (χ0n) is 13.0. The van der Waals surface area contributed by atoms with Gasteiger partial charge in [-0.1, -0.05) is 28.1 Å². The lowest BCUT2D eigenvalue weighted by molar-refractivity contribution is -0.146. The highest BCUT2D eigenvalue weighted by molar-refractivity contribution is 9.10. The lowest BCUT2D eigenvalue weighted by Gasteiger charge is -2.13. The summed E-state index contributed by atoms with van der Waals surface area (Å²) in [5.74, 6) is -0.888. The number of carbonyl (C=O) groups is 2. The Labute approximate surface area is 148 Å². The second-order valence-electron chi connectivity index (χ2n) is 5.12. The summed E-state index contributed by atoms with van der Waals surface area (Å²) in [4.78, 5) is 24.0.